The monoisotopic (exact) mass is 444 g/mol. The van der Waals surface area contributed by atoms with Crippen LogP contribution in [-0.2, 0) is 17.9 Å². The van der Waals surface area contributed by atoms with Gasteiger partial charge in [0.05, 0.1) is 35.6 Å². The second kappa shape index (κ2) is 9.71. The summed E-state index contributed by atoms with van der Waals surface area (Å²) in [5.41, 5.74) is 7.31. The van der Waals surface area contributed by atoms with E-state index < -0.39 is 5.97 Å². The van der Waals surface area contributed by atoms with Crippen molar-refractivity contribution in [2.75, 3.05) is 0 Å². The lowest BCUT2D eigenvalue weighted by Gasteiger charge is -2.13. The Morgan fingerprint density at radius 1 is 1.22 bits per heavy atom. The smallest absolute Gasteiger partial charge is 0.304 e. The fraction of sp³-hybridized carbons (Fsp3) is 0.231. The van der Waals surface area contributed by atoms with Crippen LogP contribution in [0.4, 0.5) is 0 Å². The van der Waals surface area contributed by atoms with Crippen LogP contribution in [0.15, 0.2) is 59.6 Å². The highest BCUT2D eigenvalue weighted by Gasteiger charge is 2.14. The maximum Gasteiger partial charge on any atom is 0.304 e. The molecule has 0 amide bonds. The standard InChI is InChI=1S/C26H24N2O3S/c1-3-4-21(13-25(29)30)19-7-9-24(10-8-19)31-15-22-6-5-20-11-12-28(26(20)18(22)2)14-23-16-32-17-27-23/h5-12,16-17,21H,13-15H2,1-2H3,(H,29,30). The summed E-state index contributed by atoms with van der Waals surface area (Å²) in [5, 5.41) is 12.4. The van der Waals surface area contributed by atoms with Crippen LogP contribution in [0.25, 0.3) is 10.9 Å². The zero-order chi connectivity index (χ0) is 22.5. The van der Waals surface area contributed by atoms with Crippen LogP contribution in [0.3, 0.4) is 0 Å². The van der Waals surface area contributed by atoms with Crippen molar-refractivity contribution >= 4 is 28.2 Å². The van der Waals surface area contributed by atoms with Gasteiger partial charge in [0.25, 0.3) is 0 Å². The Balaban J connectivity index is 1.49. The molecule has 0 radical (unpaired) electrons. The van der Waals surface area contributed by atoms with Gasteiger partial charge < -0.3 is 14.4 Å². The number of nitrogens with zero attached hydrogens (tertiary/aromatic N) is 2. The van der Waals surface area contributed by atoms with E-state index in [-0.39, 0.29) is 12.3 Å². The van der Waals surface area contributed by atoms with E-state index in [2.05, 4.69) is 58.1 Å². The third kappa shape index (κ3) is 4.84. The lowest BCUT2D eigenvalue weighted by molar-refractivity contribution is -0.137. The minimum absolute atomic E-state index is 0.0131. The SMILES string of the molecule is CC#CC(CC(=O)O)c1ccc(OCc2ccc3ccn(Cc4cscn4)c3c2C)cc1. The van der Waals surface area contributed by atoms with Crippen LogP contribution in [0.5, 0.6) is 5.75 Å². The maximum absolute atomic E-state index is 11.1. The number of carbonyl (C=O) groups is 1. The zero-order valence-corrected chi connectivity index (χ0v) is 18.9. The minimum Gasteiger partial charge on any atom is -0.489 e. The largest absolute Gasteiger partial charge is 0.489 e. The molecule has 0 spiro atoms. The van der Waals surface area contributed by atoms with Gasteiger partial charge in [0.15, 0.2) is 0 Å². The van der Waals surface area contributed by atoms with Gasteiger partial charge in [-0.3, -0.25) is 4.79 Å². The predicted octanol–water partition coefficient (Wildman–Crippen LogP) is 5.62. The quantitative estimate of drug-likeness (QED) is 0.359. The Morgan fingerprint density at radius 2 is 2.03 bits per heavy atom. The van der Waals surface area contributed by atoms with E-state index in [4.69, 9.17) is 9.84 Å². The zero-order valence-electron chi connectivity index (χ0n) is 18.0. The average molecular weight is 445 g/mol. The maximum atomic E-state index is 11.1. The van der Waals surface area contributed by atoms with Crippen molar-refractivity contribution in [3.8, 4) is 17.6 Å². The van der Waals surface area contributed by atoms with Gasteiger partial charge in [0, 0.05) is 11.6 Å². The second-order valence-corrected chi connectivity index (χ2v) is 8.33. The number of aliphatic carboxylic acids is 1. The average Bonchev–Trinajstić information content (AvgIpc) is 3.44. The number of carboxylic acids is 1. The molecule has 4 rings (SSSR count). The van der Waals surface area contributed by atoms with Gasteiger partial charge in [0.2, 0.25) is 0 Å². The molecular weight excluding hydrogens is 420 g/mol. The van der Waals surface area contributed by atoms with Gasteiger partial charge in [-0.2, -0.15) is 0 Å². The summed E-state index contributed by atoms with van der Waals surface area (Å²) in [6.45, 7) is 5.05. The number of thiazole rings is 1. The number of ether oxygens (including phenoxy) is 1. The molecule has 0 saturated heterocycles. The number of aryl methyl sites for hydroxylation is 1. The first kappa shape index (κ1) is 21.7. The number of aromatic nitrogens is 2. The molecule has 4 aromatic rings. The van der Waals surface area contributed by atoms with Crippen molar-refractivity contribution in [1.82, 2.24) is 9.55 Å². The Hall–Kier alpha value is -3.56. The van der Waals surface area contributed by atoms with Crippen molar-refractivity contribution in [2.45, 2.75) is 39.3 Å². The van der Waals surface area contributed by atoms with Gasteiger partial charge in [-0.1, -0.05) is 30.2 Å². The molecule has 0 aliphatic heterocycles. The van der Waals surface area contributed by atoms with E-state index in [1.54, 1.807) is 18.3 Å². The summed E-state index contributed by atoms with van der Waals surface area (Å²) in [6, 6.07) is 13.9. The highest BCUT2D eigenvalue weighted by atomic mass is 32.1. The fourth-order valence-corrected chi connectivity index (χ4v) is 4.41. The van der Waals surface area contributed by atoms with Gasteiger partial charge in [-0.05, 0) is 54.1 Å². The van der Waals surface area contributed by atoms with Crippen molar-refractivity contribution < 1.29 is 14.6 Å². The number of rotatable bonds is 8. The molecule has 1 unspecified atom stereocenters. The third-order valence-corrected chi connectivity index (χ3v) is 6.12. The van der Waals surface area contributed by atoms with Crippen LogP contribution >= 0.6 is 11.3 Å². The van der Waals surface area contributed by atoms with Crippen molar-refractivity contribution in [1.29, 1.82) is 0 Å². The number of carboxylic acid groups (broad SMARTS) is 1. The van der Waals surface area contributed by atoms with Crippen molar-refractivity contribution in [3.05, 3.63) is 81.9 Å². The molecule has 1 atom stereocenters. The molecule has 6 heteroatoms. The van der Waals surface area contributed by atoms with E-state index in [9.17, 15) is 4.79 Å². The van der Waals surface area contributed by atoms with Crippen LogP contribution in [-0.4, -0.2) is 20.6 Å². The molecule has 2 aromatic heterocycles. The summed E-state index contributed by atoms with van der Waals surface area (Å²) >= 11 is 1.61. The molecule has 0 fully saturated rings. The highest BCUT2D eigenvalue weighted by molar-refractivity contribution is 7.07. The molecule has 2 aromatic carbocycles. The number of hydrogen-bond acceptors (Lipinski definition) is 4. The molecule has 0 aliphatic rings. The summed E-state index contributed by atoms with van der Waals surface area (Å²) in [7, 11) is 0. The summed E-state index contributed by atoms with van der Waals surface area (Å²) in [4.78, 5) is 15.5. The van der Waals surface area contributed by atoms with Crippen LogP contribution in [0.1, 0.15) is 41.6 Å². The normalized spacial score (nSPS) is 11.7. The molecule has 0 saturated carbocycles. The third-order valence-electron chi connectivity index (χ3n) is 5.49. The first-order valence-corrected chi connectivity index (χ1v) is 11.3. The highest BCUT2D eigenvalue weighted by Crippen LogP contribution is 2.26. The summed E-state index contributed by atoms with van der Waals surface area (Å²) < 4.78 is 8.28. The molecular formula is C26H24N2O3S. The first-order chi connectivity index (χ1) is 15.5. The lowest BCUT2D eigenvalue weighted by atomic mass is 9.96. The van der Waals surface area contributed by atoms with E-state index in [1.165, 1.54) is 16.5 Å². The molecule has 1 N–H and O–H groups in total. The van der Waals surface area contributed by atoms with Crippen LogP contribution in [0, 0.1) is 18.8 Å². The Bertz CT molecular complexity index is 1280. The second-order valence-electron chi connectivity index (χ2n) is 7.61. The Labute approximate surface area is 191 Å². The first-order valence-electron chi connectivity index (χ1n) is 10.4. The molecule has 32 heavy (non-hydrogen) atoms. The number of hydrogen-bond donors (Lipinski definition) is 1. The molecule has 162 valence electrons. The Morgan fingerprint density at radius 3 is 2.72 bits per heavy atom. The van der Waals surface area contributed by atoms with Gasteiger partial charge >= 0.3 is 5.97 Å². The van der Waals surface area contributed by atoms with E-state index >= 15 is 0 Å². The van der Waals surface area contributed by atoms with Crippen LogP contribution in [0.2, 0.25) is 0 Å². The van der Waals surface area contributed by atoms with E-state index in [1.807, 2.05) is 29.8 Å². The summed E-state index contributed by atoms with van der Waals surface area (Å²) in [5.74, 6) is 5.36. The molecule has 0 aliphatic carbocycles. The topological polar surface area (TPSA) is 64.3 Å². The lowest BCUT2D eigenvalue weighted by Crippen LogP contribution is -2.05. The minimum atomic E-state index is -0.858. The van der Waals surface area contributed by atoms with E-state index in [0.29, 0.717) is 6.61 Å². The molecule has 0 bridgehead atoms. The molecule has 2 heterocycles. The number of benzene rings is 2. The molecule has 5 nitrogen and oxygen atoms in total. The van der Waals surface area contributed by atoms with Crippen molar-refractivity contribution in [2.24, 2.45) is 0 Å². The Kier molecular flexibility index (Phi) is 6.58. The van der Waals surface area contributed by atoms with Crippen LogP contribution < -0.4 is 4.74 Å². The van der Waals surface area contributed by atoms with E-state index in [0.717, 1.165) is 29.1 Å². The van der Waals surface area contributed by atoms with Gasteiger partial charge in [-0.25, -0.2) is 4.98 Å². The predicted molar refractivity (Wildman–Crippen MR) is 127 cm³/mol. The summed E-state index contributed by atoms with van der Waals surface area (Å²) in [6.07, 6.45) is 2.09. The van der Waals surface area contributed by atoms with Crippen molar-refractivity contribution in [3.63, 3.8) is 0 Å². The van der Waals surface area contributed by atoms with Gasteiger partial charge in [0.1, 0.15) is 12.4 Å². The van der Waals surface area contributed by atoms with Gasteiger partial charge in [-0.15, -0.1) is 17.3 Å². The fourth-order valence-electron chi connectivity index (χ4n) is 3.86. The number of fused-ring (bicyclic) bond motifs is 1.